The van der Waals surface area contributed by atoms with Crippen LogP contribution in [0.1, 0.15) is 104 Å². The van der Waals surface area contributed by atoms with Crippen molar-refractivity contribution in [2.45, 2.75) is 129 Å². The Balaban J connectivity index is 1.30. The average molecular weight is 579 g/mol. The fourth-order valence-corrected chi connectivity index (χ4v) is 10.2. The lowest BCUT2D eigenvalue weighted by atomic mass is 9.43. The molecule has 0 aromatic carbocycles. The molecule has 0 bridgehead atoms. The largest absolute Gasteiger partial charge is 0.481 e. The topological polar surface area (TPSA) is 154 Å². The van der Waals surface area contributed by atoms with Gasteiger partial charge in [-0.15, -0.1) is 0 Å². The van der Waals surface area contributed by atoms with Crippen LogP contribution in [0.3, 0.4) is 0 Å². The molecule has 4 aliphatic rings. The number of aliphatic carboxylic acids is 1. The number of nitrogens with two attached hydrogens (primary N) is 2. The smallest absolute Gasteiger partial charge is 0.308 e. The minimum Gasteiger partial charge on any atom is -0.481 e. The number of hydrogen-bond donors (Lipinski definition) is 7. The van der Waals surface area contributed by atoms with E-state index in [-0.39, 0.29) is 17.6 Å². The number of carboxylic acids is 1. The van der Waals surface area contributed by atoms with Gasteiger partial charge >= 0.3 is 5.97 Å². The zero-order valence-corrected chi connectivity index (χ0v) is 26.2. The van der Waals surface area contributed by atoms with E-state index in [1.807, 2.05) is 0 Å². The van der Waals surface area contributed by atoms with E-state index in [0.29, 0.717) is 53.9 Å². The second-order valence-corrected chi connectivity index (χ2v) is 15.0. The highest BCUT2D eigenvalue weighted by atomic mass is 16.4. The monoisotopic (exact) mass is 578 g/mol. The number of rotatable bonds is 15. The van der Waals surface area contributed by atoms with Crippen molar-refractivity contribution in [2.24, 2.45) is 57.8 Å². The normalized spacial score (nSPS) is 40.7. The minimum absolute atomic E-state index is 0.0380. The number of hydrogen-bond acceptors (Lipinski definition) is 7. The van der Waals surface area contributed by atoms with Gasteiger partial charge in [-0.05, 0) is 157 Å². The van der Waals surface area contributed by atoms with Gasteiger partial charge in [-0.25, -0.2) is 0 Å². The van der Waals surface area contributed by atoms with Gasteiger partial charge in [-0.2, -0.15) is 0 Å². The molecular weight excluding hydrogens is 516 g/mol. The molecule has 41 heavy (non-hydrogen) atoms. The van der Waals surface area contributed by atoms with Crippen molar-refractivity contribution in [1.29, 1.82) is 0 Å². The van der Waals surface area contributed by atoms with Gasteiger partial charge in [0, 0.05) is 12.1 Å². The molecule has 238 valence electrons. The van der Waals surface area contributed by atoms with Crippen LogP contribution in [-0.2, 0) is 4.79 Å². The Kier molecular flexibility index (Phi) is 11.6. The van der Waals surface area contributed by atoms with Gasteiger partial charge in [-0.1, -0.05) is 13.8 Å². The second-order valence-electron chi connectivity index (χ2n) is 15.0. The lowest BCUT2D eigenvalue weighted by Crippen LogP contribution is -2.59. The summed E-state index contributed by atoms with van der Waals surface area (Å²) in [4.78, 5) is 11.3. The third-order valence-corrected chi connectivity index (χ3v) is 12.8. The number of nitrogens with one attached hydrogen (secondary N) is 2. The average Bonchev–Trinajstić information content (AvgIpc) is 3.30. The molecule has 0 aromatic heterocycles. The van der Waals surface area contributed by atoms with Crippen LogP contribution in [0.15, 0.2) is 0 Å². The Morgan fingerprint density at radius 2 is 1.66 bits per heavy atom. The molecule has 8 nitrogen and oxygen atoms in total. The Morgan fingerprint density at radius 1 is 0.951 bits per heavy atom. The summed E-state index contributed by atoms with van der Waals surface area (Å²) in [6, 6.07) is 0.528. The van der Waals surface area contributed by atoms with E-state index >= 15 is 0 Å². The molecule has 0 radical (unpaired) electrons. The minimum atomic E-state index is -0.956. The number of unbranched alkanes of at least 4 members (excludes halogenated alkanes) is 1. The molecule has 4 fully saturated rings. The van der Waals surface area contributed by atoms with Crippen molar-refractivity contribution in [2.75, 3.05) is 26.2 Å². The van der Waals surface area contributed by atoms with E-state index in [9.17, 15) is 20.1 Å². The SMILES string of the molecule is CC(C(=O)O)C(O)CC[C@@H](N)[C@H]1CCC2C3C(CC[C@@]21C)[C@@]1(C)CC[C@H](NCCCNCCCCN)C[C@@H]1C[C@H]3O. The summed E-state index contributed by atoms with van der Waals surface area (Å²) < 4.78 is 0. The van der Waals surface area contributed by atoms with Gasteiger partial charge in [0.2, 0.25) is 0 Å². The summed E-state index contributed by atoms with van der Waals surface area (Å²) in [6.07, 6.45) is 12.6. The zero-order valence-electron chi connectivity index (χ0n) is 26.2. The quantitative estimate of drug-likeness (QED) is 0.146. The van der Waals surface area contributed by atoms with E-state index in [1.165, 1.54) is 32.1 Å². The summed E-state index contributed by atoms with van der Waals surface area (Å²) in [5.41, 5.74) is 12.8. The first-order valence-electron chi connectivity index (χ1n) is 17.0. The summed E-state index contributed by atoms with van der Waals surface area (Å²) in [6.45, 7) is 10.5. The molecule has 0 saturated heterocycles. The number of aliphatic hydroxyl groups excluding tert-OH is 2. The number of carbonyl (C=O) groups is 1. The van der Waals surface area contributed by atoms with Crippen molar-refractivity contribution in [3.05, 3.63) is 0 Å². The Bertz CT molecular complexity index is 846. The van der Waals surface area contributed by atoms with E-state index in [4.69, 9.17) is 11.5 Å². The van der Waals surface area contributed by atoms with Crippen molar-refractivity contribution >= 4 is 5.97 Å². The van der Waals surface area contributed by atoms with Gasteiger partial charge in [0.1, 0.15) is 0 Å². The molecule has 4 rings (SSSR count). The maximum Gasteiger partial charge on any atom is 0.308 e. The predicted molar refractivity (Wildman–Crippen MR) is 164 cm³/mol. The molecule has 0 heterocycles. The lowest BCUT2D eigenvalue weighted by Gasteiger charge is -2.62. The van der Waals surface area contributed by atoms with E-state index in [0.717, 1.165) is 64.7 Å². The molecule has 12 atom stereocenters. The summed E-state index contributed by atoms with van der Waals surface area (Å²) >= 11 is 0. The molecule has 0 aromatic rings. The maximum atomic E-state index is 11.7. The highest BCUT2D eigenvalue weighted by Crippen LogP contribution is 2.67. The second kappa shape index (κ2) is 14.3. The van der Waals surface area contributed by atoms with Crippen LogP contribution >= 0.6 is 0 Å². The first kappa shape index (κ1) is 33.1. The van der Waals surface area contributed by atoms with Crippen molar-refractivity contribution in [1.82, 2.24) is 10.6 Å². The first-order chi connectivity index (χ1) is 19.5. The Morgan fingerprint density at radius 3 is 2.39 bits per heavy atom. The van der Waals surface area contributed by atoms with Gasteiger partial charge in [-0.3, -0.25) is 4.79 Å². The number of fused-ring (bicyclic) bond motifs is 5. The molecule has 0 amide bonds. The van der Waals surface area contributed by atoms with Crippen molar-refractivity contribution < 1.29 is 20.1 Å². The molecule has 9 N–H and O–H groups in total. The van der Waals surface area contributed by atoms with Crippen LogP contribution in [0.25, 0.3) is 0 Å². The van der Waals surface area contributed by atoms with E-state index < -0.39 is 18.0 Å². The summed E-state index contributed by atoms with van der Waals surface area (Å²) in [5, 5.41) is 38.7. The van der Waals surface area contributed by atoms with Crippen LogP contribution in [0.4, 0.5) is 0 Å². The Labute approximate surface area is 249 Å². The third-order valence-electron chi connectivity index (χ3n) is 12.8. The molecule has 0 spiro atoms. The van der Waals surface area contributed by atoms with Gasteiger partial charge < -0.3 is 37.4 Å². The fourth-order valence-electron chi connectivity index (χ4n) is 10.2. The summed E-state index contributed by atoms with van der Waals surface area (Å²) in [5.74, 6) is 0.674. The standard InChI is InChI=1S/C33H62N4O4/c1-21(31(40)41)28(38)10-9-27(35)24-7-8-25-30-26(12-14-33(24,25)3)32(2)13-11-23(19-22(32)20-29(30)39)37-18-6-17-36-16-5-4-15-34/h21-30,36-39H,4-20,34-35H2,1-3H3,(H,40,41)/t21?,22-,23+,24-,25?,26?,27-,28?,29-,30?,32+,33-/m1/s1. The maximum absolute atomic E-state index is 11.7. The molecule has 4 saturated carbocycles. The van der Waals surface area contributed by atoms with Crippen LogP contribution in [-0.4, -0.2) is 71.8 Å². The van der Waals surface area contributed by atoms with Crippen LogP contribution in [0, 0.1) is 46.3 Å². The highest BCUT2D eigenvalue weighted by molar-refractivity contribution is 5.70. The predicted octanol–water partition coefficient (Wildman–Crippen LogP) is 3.48. The van der Waals surface area contributed by atoms with Gasteiger partial charge in [0.25, 0.3) is 0 Å². The molecular formula is C33H62N4O4. The molecule has 0 aliphatic heterocycles. The van der Waals surface area contributed by atoms with Crippen molar-refractivity contribution in [3.8, 4) is 0 Å². The van der Waals surface area contributed by atoms with E-state index in [1.54, 1.807) is 6.92 Å². The number of carboxylic acid groups (broad SMARTS) is 1. The van der Waals surface area contributed by atoms with Crippen LogP contribution < -0.4 is 22.1 Å². The summed E-state index contributed by atoms with van der Waals surface area (Å²) in [7, 11) is 0. The van der Waals surface area contributed by atoms with Gasteiger partial charge in [0.15, 0.2) is 0 Å². The van der Waals surface area contributed by atoms with Crippen LogP contribution in [0.5, 0.6) is 0 Å². The van der Waals surface area contributed by atoms with Gasteiger partial charge in [0.05, 0.1) is 18.1 Å². The van der Waals surface area contributed by atoms with Crippen LogP contribution in [0.2, 0.25) is 0 Å². The lowest BCUT2D eigenvalue weighted by molar-refractivity contribution is -0.165. The van der Waals surface area contributed by atoms with E-state index in [2.05, 4.69) is 24.5 Å². The highest BCUT2D eigenvalue weighted by Gasteiger charge is 2.63. The molecule has 8 heteroatoms. The first-order valence-corrected chi connectivity index (χ1v) is 17.0. The molecule has 4 aliphatic carbocycles. The molecule has 5 unspecified atom stereocenters. The number of aliphatic hydroxyl groups is 2. The third kappa shape index (κ3) is 7.15. The van der Waals surface area contributed by atoms with Crippen molar-refractivity contribution in [3.63, 3.8) is 0 Å². The fraction of sp³-hybridized carbons (Fsp3) is 0.970. The Hall–Kier alpha value is -0.770. The zero-order chi connectivity index (χ0) is 29.8.